The number of rotatable bonds is 3. The van der Waals surface area contributed by atoms with Crippen LogP contribution in [0.4, 0.5) is 11.4 Å². The Balaban J connectivity index is 2.26. The van der Waals surface area contributed by atoms with Crippen molar-refractivity contribution >= 4 is 17.3 Å². The summed E-state index contributed by atoms with van der Waals surface area (Å²) in [7, 11) is 1.34. The van der Waals surface area contributed by atoms with E-state index in [0.717, 1.165) is 11.3 Å². The van der Waals surface area contributed by atoms with Gasteiger partial charge in [0.15, 0.2) is 0 Å². The molecule has 5 nitrogen and oxygen atoms in total. The van der Waals surface area contributed by atoms with Crippen LogP contribution in [-0.4, -0.2) is 30.3 Å². The van der Waals surface area contributed by atoms with E-state index in [1.165, 1.54) is 7.11 Å². The summed E-state index contributed by atoms with van der Waals surface area (Å²) in [5.74, 6) is -0.442. The predicted octanol–water partition coefficient (Wildman–Crippen LogP) is 1.94. The van der Waals surface area contributed by atoms with Crippen molar-refractivity contribution in [2.24, 2.45) is 5.41 Å². The lowest BCUT2D eigenvalue weighted by Crippen LogP contribution is -2.56. The summed E-state index contributed by atoms with van der Waals surface area (Å²) in [4.78, 5) is 11.7. The molecule has 0 saturated heterocycles. The van der Waals surface area contributed by atoms with Gasteiger partial charge < -0.3 is 20.9 Å². The van der Waals surface area contributed by atoms with Gasteiger partial charge in [0.05, 0.1) is 18.8 Å². The minimum atomic E-state index is -0.442. The molecule has 0 bridgehead atoms. The van der Waals surface area contributed by atoms with Crippen molar-refractivity contribution in [2.45, 2.75) is 39.3 Å². The Hall–Kier alpha value is -1.75. The summed E-state index contributed by atoms with van der Waals surface area (Å²) in [6, 6.07) is 3.78. The van der Waals surface area contributed by atoms with E-state index in [0.29, 0.717) is 17.7 Å². The van der Waals surface area contributed by atoms with Crippen LogP contribution in [0.5, 0.6) is 0 Å². The number of carbonyl (C=O) groups excluding carboxylic acids is 1. The zero-order valence-corrected chi connectivity index (χ0v) is 12.4. The molecule has 0 aromatic heterocycles. The smallest absolute Gasteiger partial charge is 0.340 e. The van der Waals surface area contributed by atoms with Crippen LogP contribution < -0.4 is 11.1 Å². The molecule has 1 fully saturated rings. The first-order valence-electron chi connectivity index (χ1n) is 6.70. The first-order valence-corrected chi connectivity index (χ1v) is 6.70. The SMILES string of the molecule is COC(=O)c1cc(NC2CC(O)C2(C)C)cc(C)c1N. The van der Waals surface area contributed by atoms with Crippen LogP contribution in [0.25, 0.3) is 0 Å². The molecule has 1 aliphatic rings. The molecule has 2 unspecified atom stereocenters. The van der Waals surface area contributed by atoms with E-state index < -0.39 is 5.97 Å². The van der Waals surface area contributed by atoms with E-state index in [1.807, 2.05) is 26.8 Å². The molecule has 0 spiro atoms. The second kappa shape index (κ2) is 4.98. The lowest BCUT2D eigenvalue weighted by atomic mass is 9.64. The van der Waals surface area contributed by atoms with Gasteiger partial charge in [-0.3, -0.25) is 0 Å². The summed E-state index contributed by atoms with van der Waals surface area (Å²) < 4.78 is 4.74. The normalized spacial score (nSPS) is 23.9. The molecule has 2 atom stereocenters. The number of methoxy groups -OCH3 is 1. The zero-order chi connectivity index (χ0) is 15.1. The number of ether oxygens (including phenoxy) is 1. The highest BCUT2D eigenvalue weighted by Crippen LogP contribution is 2.42. The maximum Gasteiger partial charge on any atom is 0.340 e. The average Bonchev–Trinajstić information content (AvgIpc) is 2.41. The van der Waals surface area contributed by atoms with Crippen LogP contribution in [0, 0.1) is 12.3 Å². The van der Waals surface area contributed by atoms with Crippen molar-refractivity contribution in [3.63, 3.8) is 0 Å². The third kappa shape index (κ3) is 2.33. The largest absolute Gasteiger partial charge is 0.465 e. The van der Waals surface area contributed by atoms with Crippen LogP contribution in [0.3, 0.4) is 0 Å². The summed E-state index contributed by atoms with van der Waals surface area (Å²) in [5.41, 5.74) is 8.19. The van der Waals surface area contributed by atoms with Crippen molar-refractivity contribution in [3.05, 3.63) is 23.3 Å². The quantitative estimate of drug-likeness (QED) is 0.581. The van der Waals surface area contributed by atoms with Crippen molar-refractivity contribution in [2.75, 3.05) is 18.2 Å². The fourth-order valence-electron chi connectivity index (χ4n) is 2.51. The highest BCUT2D eigenvalue weighted by atomic mass is 16.5. The molecule has 2 rings (SSSR count). The van der Waals surface area contributed by atoms with Gasteiger partial charge in [-0.2, -0.15) is 0 Å². The third-order valence-corrected chi connectivity index (χ3v) is 4.35. The first kappa shape index (κ1) is 14.7. The Bertz CT molecular complexity index is 540. The molecule has 110 valence electrons. The number of carbonyl (C=O) groups is 1. The Kier molecular flexibility index (Phi) is 3.65. The Morgan fingerprint density at radius 2 is 2.15 bits per heavy atom. The topological polar surface area (TPSA) is 84.6 Å². The third-order valence-electron chi connectivity index (χ3n) is 4.35. The molecule has 20 heavy (non-hydrogen) atoms. The average molecular weight is 278 g/mol. The molecule has 4 N–H and O–H groups in total. The first-order chi connectivity index (χ1) is 9.27. The second-order valence-corrected chi connectivity index (χ2v) is 6.02. The number of hydrogen-bond donors (Lipinski definition) is 3. The van der Waals surface area contributed by atoms with E-state index in [4.69, 9.17) is 10.5 Å². The number of hydrogen-bond acceptors (Lipinski definition) is 5. The molecule has 0 heterocycles. The fourth-order valence-corrected chi connectivity index (χ4v) is 2.51. The molecule has 1 saturated carbocycles. The van der Waals surface area contributed by atoms with Gasteiger partial charge in [0.25, 0.3) is 0 Å². The maximum atomic E-state index is 11.7. The van der Waals surface area contributed by atoms with Gasteiger partial charge in [0.2, 0.25) is 0 Å². The number of nitrogens with one attached hydrogen (secondary N) is 1. The molecule has 1 aromatic carbocycles. The molecular weight excluding hydrogens is 256 g/mol. The molecule has 5 heteroatoms. The summed E-state index contributed by atoms with van der Waals surface area (Å²) in [5, 5.41) is 13.1. The molecule has 0 amide bonds. The molecule has 1 aliphatic carbocycles. The van der Waals surface area contributed by atoms with Crippen molar-refractivity contribution < 1.29 is 14.6 Å². The number of esters is 1. The number of aliphatic hydroxyl groups excluding tert-OH is 1. The maximum absolute atomic E-state index is 11.7. The van der Waals surface area contributed by atoms with E-state index in [1.54, 1.807) is 6.07 Å². The zero-order valence-electron chi connectivity index (χ0n) is 12.4. The van der Waals surface area contributed by atoms with Crippen molar-refractivity contribution in [1.29, 1.82) is 0 Å². The van der Waals surface area contributed by atoms with Gasteiger partial charge in [-0.1, -0.05) is 13.8 Å². The number of benzene rings is 1. The molecule has 1 aromatic rings. The number of aliphatic hydroxyl groups is 1. The number of nitrogens with two attached hydrogens (primary N) is 1. The van der Waals surface area contributed by atoms with Crippen LogP contribution in [0.2, 0.25) is 0 Å². The van der Waals surface area contributed by atoms with Crippen LogP contribution in [0.1, 0.15) is 36.2 Å². The second-order valence-electron chi connectivity index (χ2n) is 6.02. The van der Waals surface area contributed by atoms with Gasteiger partial charge in [0.1, 0.15) is 0 Å². The van der Waals surface area contributed by atoms with Gasteiger partial charge in [-0.25, -0.2) is 4.79 Å². The minimum absolute atomic E-state index is 0.172. The molecule has 0 radical (unpaired) electrons. The van der Waals surface area contributed by atoms with Crippen molar-refractivity contribution in [3.8, 4) is 0 Å². The number of aryl methyl sites for hydroxylation is 1. The minimum Gasteiger partial charge on any atom is -0.465 e. The monoisotopic (exact) mass is 278 g/mol. The van der Waals surface area contributed by atoms with E-state index in [9.17, 15) is 9.90 Å². The Labute approximate surface area is 119 Å². The Morgan fingerprint density at radius 1 is 1.50 bits per heavy atom. The van der Waals surface area contributed by atoms with Crippen LogP contribution >= 0.6 is 0 Å². The standard InChI is InChI=1S/C15H22N2O3/c1-8-5-9(6-10(13(8)16)14(19)20-4)17-11-7-12(18)15(11,2)3/h5-6,11-12,17-18H,7,16H2,1-4H3. The van der Waals surface area contributed by atoms with Gasteiger partial charge in [-0.15, -0.1) is 0 Å². The summed E-state index contributed by atoms with van der Waals surface area (Å²) in [6.07, 6.45) is 0.402. The lowest BCUT2D eigenvalue weighted by Gasteiger charge is -2.50. The summed E-state index contributed by atoms with van der Waals surface area (Å²) in [6.45, 7) is 5.89. The van der Waals surface area contributed by atoms with Gasteiger partial charge in [-0.05, 0) is 31.0 Å². The van der Waals surface area contributed by atoms with Crippen molar-refractivity contribution in [1.82, 2.24) is 0 Å². The van der Waals surface area contributed by atoms with Gasteiger partial charge in [0, 0.05) is 22.8 Å². The van der Waals surface area contributed by atoms with Crippen LogP contribution in [-0.2, 0) is 4.74 Å². The molecule has 0 aliphatic heterocycles. The predicted molar refractivity (Wildman–Crippen MR) is 78.7 cm³/mol. The lowest BCUT2D eigenvalue weighted by molar-refractivity contribution is -0.0510. The number of nitrogen functional groups attached to an aromatic ring is 1. The van der Waals surface area contributed by atoms with E-state index >= 15 is 0 Å². The number of anilines is 2. The Morgan fingerprint density at radius 3 is 2.65 bits per heavy atom. The highest BCUT2D eigenvalue weighted by molar-refractivity contribution is 5.97. The highest BCUT2D eigenvalue weighted by Gasteiger charge is 2.47. The fraction of sp³-hybridized carbons (Fsp3) is 0.533. The summed E-state index contributed by atoms with van der Waals surface area (Å²) >= 11 is 0. The van der Waals surface area contributed by atoms with Crippen LogP contribution in [0.15, 0.2) is 12.1 Å². The van der Waals surface area contributed by atoms with Gasteiger partial charge >= 0.3 is 5.97 Å². The van der Waals surface area contributed by atoms with E-state index in [-0.39, 0.29) is 17.6 Å². The molecular formula is C15H22N2O3. The van der Waals surface area contributed by atoms with E-state index in [2.05, 4.69) is 5.32 Å².